The van der Waals surface area contributed by atoms with Crippen LogP contribution in [-0.2, 0) is 13.1 Å². The summed E-state index contributed by atoms with van der Waals surface area (Å²) >= 11 is 12.0. The summed E-state index contributed by atoms with van der Waals surface area (Å²) in [5.41, 5.74) is 8.02. The molecule has 0 aliphatic heterocycles. The lowest BCUT2D eigenvalue weighted by Gasteiger charge is -2.18. The SMILES string of the molecule is CN(Cc1ccc(Cl)cc1Cl)C(=O)c1ccc(CN)cc1. The van der Waals surface area contributed by atoms with Crippen LogP contribution in [0.3, 0.4) is 0 Å². The van der Waals surface area contributed by atoms with Crippen molar-refractivity contribution in [1.82, 2.24) is 4.90 Å². The minimum atomic E-state index is -0.0652. The van der Waals surface area contributed by atoms with Crippen LogP contribution in [0.15, 0.2) is 42.5 Å². The minimum Gasteiger partial charge on any atom is -0.337 e. The third kappa shape index (κ3) is 3.97. The van der Waals surface area contributed by atoms with Gasteiger partial charge in [-0.2, -0.15) is 0 Å². The molecule has 5 heteroatoms. The van der Waals surface area contributed by atoms with E-state index < -0.39 is 0 Å². The number of amides is 1. The van der Waals surface area contributed by atoms with E-state index in [9.17, 15) is 4.79 Å². The molecule has 110 valence electrons. The Kier molecular flexibility index (Phi) is 5.23. The molecular weight excluding hydrogens is 307 g/mol. The Morgan fingerprint density at radius 1 is 1.14 bits per heavy atom. The summed E-state index contributed by atoms with van der Waals surface area (Å²) in [4.78, 5) is 14.0. The van der Waals surface area contributed by atoms with Crippen molar-refractivity contribution in [2.45, 2.75) is 13.1 Å². The number of halogens is 2. The van der Waals surface area contributed by atoms with Gasteiger partial charge in [0, 0.05) is 35.7 Å². The Morgan fingerprint density at radius 3 is 2.38 bits per heavy atom. The first-order valence-electron chi connectivity index (χ1n) is 6.49. The summed E-state index contributed by atoms with van der Waals surface area (Å²) in [6.45, 7) is 0.887. The molecule has 2 rings (SSSR count). The normalized spacial score (nSPS) is 10.5. The van der Waals surface area contributed by atoms with Crippen LogP contribution in [0.1, 0.15) is 21.5 Å². The molecule has 0 unspecified atom stereocenters. The van der Waals surface area contributed by atoms with Crippen molar-refractivity contribution in [3.8, 4) is 0 Å². The third-order valence-electron chi connectivity index (χ3n) is 3.21. The molecular formula is C16H16Cl2N2O. The zero-order chi connectivity index (χ0) is 15.4. The van der Waals surface area contributed by atoms with Crippen LogP contribution in [0.5, 0.6) is 0 Å². The average molecular weight is 323 g/mol. The number of rotatable bonds is 4. The van der Waals surface area contributed by atoms with Crippen molar-refractivity contribution in [2.24, 2.45) is 5.73 Å². The van der Waals surface area contributed by atoms with Gasteiger partial charge in [-0.1, -0.05) is 41.4 Å². The predicted molar refractivity (Wildman–Crippen MR) is 86.6 cm³/mol. The summed E-state index contributed by atoms with van der Waals surface area (Å²) in [5, 5.41) is 1.13. The van der Waals surface area contributed by atoms with Crippen molar-refractivity contribution < 1.29 is 4.79 Å². The Bertz CT molecular complexity index is 641. The topological polar surface area (TPSA) is 46.3 Å². The van der Waals surface area contributed by atoms with E-state index in [-0.39, 0.29) is 5.91 Å². The van der Waals surface area contributed by atoms with Crippen molar-refractivity contribution in [2.75, 3.05) is 7.05 Å². The Morgan fingerprint density at radius 2 is 1.81 bits per heavy atom. The predicted octanol–water partition coefficient (Wildman–Crippen LogP) is 3.72. The quantitative estimate of drug-likeness (QED) is 0.932. The molecule has 0 fully saturated rings. The molecule has 0 aromatic heterocycles. The number of benzene rings is 2. The first-order valence-corrected chi connectivity index (χ1v) is 7.25. The maximum absolute atomic E-state index is 12.4. The number of nitrogens with two attached hydrogens (primary N) is 1. The summed E-state index contributed by atoms with van der Waals surface area (Å²) in [6.07, 6.45) is 0. The van der Waals surface area contributed by atoms with Gasteiger partial charge in [-0.05, 0) is 35.4 Å². The molecule has 2 aromatic carbocycles. The van der Waals surface area contributed by atoms with E-state index in [1.807, 2.05) is 18.2 Å². The third-order valence-corrected chi connectivity index (χ3v) is 3.79. The fourth-order valence-corrected chi connectivity index (χ4v) is 2.45. The highest BCUT2D eigenvalue weighted by Crippen LogP contribution is 2.22. The molecule has 2 N–H and O–H groups in total. The number of carbonyl (C=O) groups excluding carboxylic acids is 1. The summed E-state index contributed by atoms with van der Waals surface area (Å²) in [5.74, 6) is -0.0652. The molecule has 0 spiro atoms. The van der Waals surface area contributed by atoms with Crippen LogP contribution in [0.2, 0.25) is 10.0 Å². The van der Waals surface area contributed by atoms with E-state index in [0.717, 1.165) is 11.1 Å². The number of nitrogens with zero attached hydrogens (tertiary/aromatic N) is 1. The fraction of sp³-hybridized carbons (Fsp3) is 0.188. The van der Waals surface area contributed by atoms with Gasteiger partial charge in [-0.25, -0.2) is 0 Å². The lowest BCUT2D eigenvalue weighted by molar-refractivity contribution is 0.0785. The first-order chi connectivity index (χ1) is 10.0. The highest BCUT2D eigenvalue weighted by Gasteiger charge is 2.13. The van der Waals surface area contributed by atoms with E-state index in [0.29, 0.717) is 28.7 Å². The summed E-state index contributed by atoms with van der Waals surface area (Å²) < 4.78 is 0. The van der Waals surface area contributed by atoms with E-state index in [4.69, 9.17) is 28.9 Å². The van der Waals surface area contributed by atoms with Crippen molar-refractivity contribution in [3.63, 3.8) is 0 Å². The van der Waals surface area contributed by atoms with Gasteiger partial charge < -0.3 is 10.6 Å². The lowest BCUT2D eigenvalue weighted by atomic mass is 10.1. The highest BCUT2D eigenvalue weighted by molar-refractivity contribution is 6.35. The van der Waals surface area contributed by atoms with Crippen LogP contribution in [0.4, 0.5) is 0 Å². The van der Waals surface area contributed by atoms with Crippen LogP contribution in [-0.4, -0.2) is 17.9 Å². The van der Waals surface area contributed by atoms with Gasteiger partial charge in [0.15, 0.2) is 0 Å². The average Bonchev–Trinajstić information content (AvgIpc) is 2.49. The Hall–Kier alpha value is -1.55. The molecule has 0 radical (unpaired) electrons. The van der Waals surface area contributed by atoms with E-state index >= 15 is 0 Å². The Labute approximate surface area is 134 Å². The van der Waals surface area contributed by atoms with Crippen LogP contribution < -0.4 is 5.73 Å². The minimum absolute atomic E-state index is 0.0652. The van der Waals surface area contributed by atoms with Crippen LogP contribution in [0.25, 0.3) is 0 Å². The molecule has 1 amide bonds. The molecule has 0 atom stereocenters. The smallest absolute Gasteiger partial charge is 0.253 e. The first kappa shape index (κ1) is 15.8. The molecule has 0 aliphatic carbocycles. The van der Waals surface area contributed by atoms with Crippen LogP contribution in [0, 0.1) is 0 Å². The van der Waals surface area contributed by atoms with Crippen molar-refractivity contribution >= 4 is 29.1 Å². The summed E-state index contributed by atoms with van der Waals surface area (Å²) in [7, 11) is 1.74. The molecule has 0 saturated heterocycles. The Balaban J connectivity index is 2.11. The maximum Gasteiger partial charge on any atom is 0.253 e. The van der Waals surface area contributed by atoms with Crippen molar-refractivity contribution in [3.05, 3.63) is 69.2 Å². The molecule has 0 bridgehead atoms. The number of hydrogen-bond acceptors (Lipinski definition) is 2. The lowest BCUT2D eigenvalue weighted by Crippen LogP contribution is -2.26. The van der Waals surface area contributed by atoms with E-state index in [1.54, 1.807) is 36.2 Å². The van der Waals surface area contributed by atoms with Gasteiger partial charge >= 0.3 is 0 Å². The van der Waals surface area contributed by atoms with Gasteiger partial charge in [0.1, 0.15) is 0 Å². The zero-order valence-corrected chi connectivity index (χ0v) is 13.2. The molecule has 0 aliphatic rings. The molecule has 21 heavy (non-hydrogen) atoms. The molecule has 0 heterocycles. The van der Waals surface area contributed by atoms with Crippen LogP contribution >= 0.6 is 23.2 Å². The molecule has 2 aromatic rings. The van der Waals surface area contributed by atoms with Gasteiger partial charge in [0.25, 0.3) is 5.91 Å². The second kappa shape index (κ2) is 6.94. The van der Waals surface area contributed by atoms with Gasteiger partial charge in [0.2, 0.25) is 0 Å². The fourth-order valence-electron chi connectivity index (χ4n) is 1.98. The second-order valence-electron chi connectivity index (χ2n) is 4.80. The maximum atomic E-state index is 12.4. The van der Waals surface area contributed by atoms with E-state index in [2.05, 4.69) is 0 Å². The largest absolute Gasteiger partial charge is 0.337 e. The second-order valence-corrected chi connectivity index (χ2v) is 5.64. The number of hydrogen-bond donors (Lipinski definition) is 1. The summed E-state index contributed by atoms with van der Waals surface area (Å²) in [6, 6.07) is 12.5. The van der Waals surface area contributed by atoms with E-state index in [1.165, 1.54) is 0 Å². The zero-order valence-electron chi connectivity index (χ0n) is 11.6. The van der Waals surface area contributed by atoms with Gasteiger partial charge in [-0.3, -0.25) is 4.79 Å². The molecule has 3 nitrogen and oxygen atoms in total. The van der Waals surface area contributed by atoms with Gasteiger partial charge in [-0.15, -0.1) is 0 Å². The molecule has 0 saturated carbocycles. The highest BCUT2D eigenvalue weighted by atomic mass is 35.5. The standard InChI is InChI=1S/C16H16Cl2N2O/c1-20(10-13-6-7-14(17)8-15(13)18)16(21)12-4-2-11(9-19)3-5-12/h2-8H,9-10,19H2,1H3. The van der Waals surface area contributed by atoms with Gasteiger partial charge in [0.05, 0.1) is 0 Å². The number of carbonyl (C=O) groups is 1. The van der Waals surface area contributed by atoms with Crippen molar-refractivity contribution in [1.29, 1.82) is 0 Å². The monoisotopic (exact) mass is 322 g/mol.